The Morgan fingerprint density at radius 3 is 2.64 bits per heavy atom. The zero-order valence-electron chi connectivity index (χ0n) is 21.0. The van der Waals surface area contributed by atoms with E-state index in [4.69, 9.17) is 14.2 Å². The normalized spacial score (nSPS) is 25.3. The van der Waals surface area contributed by atoms with Crippen molar-refractivity contribution in [2.75, 3.05) is 13.7 Å². The maximum Gasteiger partial charge on any atom is 0.411 e. The highest BCUT2D eigenvalue weighted by atomic mass is 16.6. The second kappa shape index (κ2) is 9.44. The van der Waals surface area contributed by atoms with Crippen molar-refractivity contribution < 1.29 is 33.7 Å². The summed E-state index contributed by atoms with van der Waals surface area (Å²) in [6.07, 6.45) is 2.43. The van der Waals surface area contributed by atoms with E-state index in [9.17, 15) is 19.5 Å². The minimum Gasteiger partial charge on any atom is -0.497 e. The number of ketones is 1. The highest BCUT2D eigenvalue weighted by Crippen LogP contribution is 2.56. The largest absolute Gasteiger partial charge is 0.497 e. The minimum atomic E-state index is -1.16. The number of likely N-dealkylation sites (tertiary alicyclic amines) is 1. The lowest BCUT2D eigenvalue weighted by molar-refractivity contribution is -0.146. The second-order valence-corrected chi connectivity index (χ2v) is 10.5. The molecule has 0 radical (unpaired) electrons. The van der Waals surface area contributed by atoms with Crippen LogP contribution in [0.2, 0.25) is 0 Å². The molecule has 0 bridgehead atoms. The lowest BCUT2D eigenvalue weighted by atomic mass is 9.92. The maximum atomic E-state index is 13.4. The number of carboxylic acid groups (broad SMARTS) is 1. The van der Waals surface area contributed by atoms with Crippen LogP contribution in [0.4, 0.5) is 4.79 Å². The molecule has 192 valence electrons. The fourth-order valence-electron chi connectivity index (χ4n) is 4.81. The van der Waals surface area contributed by atoms with Crippen LogP contribution in [0.3, 0.4) is 0 Å². The Hall–Kier alpha value is -3.62. The molecule has 1 aliphatic heterocycles. The molecule has 2 fully saturated rings. The molecule has 9 nitrogen and oxygen atoms in total. The van der Waals surface area contributed by atoms with Crippen LogP contribution in [-0.2, 0) is 14.3 Å². The Labute approximate surface area is 210 Å². The van der Waals surface area contributed by atoms with Crippen molar-refractivity contribution in [2.24, 2.45) is 11.3 Å². The third kappa shape index (κ3) is 5.01. The predicted octanol–water partition coefficient (Wildman–Crippen LogP) is 4.24. The van der Waals surface area contributed by atoms with Crippen LogP contribution in [0.25, 0.3) is 10.8 Å². The van der Waals surface area contributed by atoms with Crippen LogP contribution in [0.5, 0.6) is 11.6 Å². The highest BCUT2D eigenvalue weighted by molar-refractivity contribution is 5.94. The van der Waals surface area contributed by atoms with Crippen molar-refractivity contribution in [2.45, 2.75) is 57.8 Å². The number of aliphatic carboxylic acids is 1. The van der Waals surface area contributed by atoms with Gasteiger partial charge in [0.15, 0.2) is 5.78 Å². The molecule has 1 amide bonds. The number of carbonyl (C=O) groups excluding carboxylic acids is 2. The van der Waals surface area contributed by atoms with E-state index < -0.39 is 35.2 Å². The summed E-state index contributed by atoms with van der Waals surface area (Å²) in [4.78, 5) is 44.1. The van der Waals surface area contributed by atoms with Crippen LogP contribution in [0.1, 0.15) is 40.0 Å². The first kappa shape index (κ1) is 25.5. The highest BCUT2D eigenvalue weighted by Gasteiger charge is 2.61. The molecule has 1 aliphatic carbocycles. The van der Waals surface area contributed by atoms with Crippen LogP contribution < -0.4 is 9.47 Å². The quantitative estimate of drug-likeness (QED) is 0.540. The van der Waals surface area contributed by atoms with Crippen molar-refractivity contribution in [3.05, 3.63) is 43.1 Å². The third-order valence-corrected chi connectivity index (χ3v) is 6.81. The molecule has 0 spiro atoms. The van der Waals surface area contributed by atoms with Crippen LogP contribution in [0, 0.1) is 11.3 Å². The number of benzene rings is 1. The van der Waals surface area contributed by atoms with Crippen molar-refractivity contribution in [1.82, 2.24) is 9.88 Å². The molecule has 2 heterocycles. The molecule has 4 rings (SSSR count). The van der Waals surface area contributed by atoms with Crippen molar-refractivity contribution in [1.29, 1.82) is 0 Å². The SMILES string of the molecule is C=C[C@@H]1C[C@]1(CC(=O)[C@@H]1C[C@@H](Oc2nccc3cc(OC)ccc23)CN1C(=O)OC(C)(C)C)C(=O)O. The van der Waals surface area contributed by atoms with Gasteiger partial charge in [-0.15, -0.1) is 6.58 Å². The van der Waals surface area contributed by atoms with Gasteiger partial charge in [0.05, 0.1) is 25.1 Å². The number of hydrogen-bond donors (Lipinski definition) is 1. The number of methoxy groups -OCH3 is 1. The Morgan fingerprint density at radius 1 is 1.28 bits per heavy atom. The molecular formula is C27H32N2O7. The topological polar surface area (TPSA) is 115 Å². The van der Waals surface area contributed by atoms with E-state index in [-0.39, 0.29) is 31.1 Å². The van der Waals surface area contributed by atoms with Crippen LogP contribution in [-0.4, -0.2) is 64.2 Å². The van der Waals surface area contributed by atoms with E-state index in [1.54, 1.807) is 40.2 Å². The summed E-state index contributed by atoms with van der Waals surface area (Å²) in [5, 5.41) is 11.4. The lowest BCUT2D eigenvalue weighted by Crippen LogP contribution is -2.44. The summed E-state index contributed by atoms with van der Waals surface area (Å²) in [5.74, 6) is -0.528. The molecule has 4 atom stereocenters. The first-order valence-corrected chi connectivity index (χ1v) is 11.9. The van der Waals surface area contributed by atoms with E-state index in [1.807, 2.05) is 24.3 Å². The number of fused-ring (bicyclic) bond motifs is 1. The number of hydrogen-bond acceptors (Lipinski definition) is 7. The van der Waals surface area contributed by atoms with Gasteiger partial charge >= 0.3 is 12.1 Å². The minimum absolute atomic E-state index is 0.116. The van der Waals surface area contributed by atoms with Crippen LogP contribution in [0.15, 0.2) is 43.1 Å². The zero-order chi connectivity index (χ0) is 26.3. The number of amides is 1. The lowest BCUT2D eigenvalue weighted by Gasteiger charge is -2.28. The fourth-order valence-corrected chi connectivity index (χ4v) is 4.81. The Balaban J connectivity index is 1.57. The van der Waals surface area contributed by atoms with Gasteiger partial charge in [0, 0.05) is 24.4 Å². The van der Waals surface area contributed by atoms with Crippen molar-refractivity contribution in [3.8, 4) is 11.6 Å². The molecule has 1 saturated heterocycles. The summed E-state index contributed by atoms with van der Waals surface area (Å²) >= 11 is 0. The first-order chi connectivity index (χ1) is 17.0. The van der Waals surface area contributed by atoms with E-state index in [1.165, 1.54) is 4.90 Å². The smallest absolute Gasteiger partial charge is 0.411 e. The van der Waals surface area contributed by atoms with E-state index >= 15 is 0 Å². The van der Waals surface area contributed by atoms with E-state index in [0.717, 1.165) is 10.8 Å². The van der Waals surface area contributed by atoms with E-state index in [2.05, 4.69) is 11.6 Å². The van der Waals surface area contributed by atoms with Gasteiger partial charge in [-0.2, -0.15) is 0 Å². The zero-order valence-corrected chi connectivity index (χ0v) is 21.0. The molecule has 1 aromatic heterocycles. The number of ether oxygens (including phenoxy) is 3. The summed E-state index contributed by atoms with van der Waals surface area (Å²) in [6.45, 7) is 9.05. The van der Waals surface area contributed by atoms with Crippen molar-refractivity contribution in [3.63, 3.8) is 0 Å². The molecule has 2 aliphatic rings. The summed E-state index contributed by atoms with van der Waals surface area (Å²) < 4.78 is 17.0. The van der Waals surface area contributed by atoms with Gasteiger partial charge in [-0.1, -0.05) is 6.08 Å². The number of carboxylic acids is 1. The number of pyridine rings is 1. The Morgan fingerprint density at radius 2 is 2.03 bits per heavy atom. The van der Waals surface area contributed by atoms with Gasteiger partial charge in [-0.25, -0.2) is 9.78 Å². The van der Waals surface area contributed by atoms with Gasteiger partial charge in [-0.05, 0) is 62.8 Å². The molecule has 36 heavy (non-hydrogen) atoms. The van der Waals surface area contributed by atoms with Gasteiger partial charge in [-0.3, -0.25) is 14.5 Å². The summed E-state index contributed by atoms with van der Waals surface area (Å²) in [6, 6.07) is 6.51. The Kier molecular flexibility index (Phi) is 6.68. The number of allylic oxidation sites excluding steroid dienone is 1. The maximum absolute atomic E-state index is 13.4. The van der Waals surface area contributed by atoms with Crippen LogP contribution >= 0.6 is 0 Å². The molecule has 1 saturated carbocycles. The molecule has 9 heteroatoms. The second-order valence-electron chi connectivity index (χ2n) is 10.5. The standard InChI is InChI=1S/C27H32N2O7/c1-6-17-13-27(17,24(31)32)14-22(30)21-12-19(15-29(21)25(33)36-26(2,3)4)35-23-20-8-7-18(34-5)11-16(20)9-10-28-23/h6-11,17,19,21H,1,12-15H2,2-5H3,(H,31,32)/t17-,19-,21+,27-/m1/s1. The molecule has 2 aromatic rings. The monoisotopic (exact) mass is 496 g/mol. The third-order valence-electron chi connectivity index (χ3n) is 6.81. The van der Waals surface area contributed by atoms with Gasteiger partial charge in [0.2, 0.25) is 5.88 Å². The molecular weight excluding hydrogens is 464 g/mol. The summed E-state index contributed by atoms with van der Waals surface area (Å²) in [7, 11) is 1.59. The average Bonchev–Trinajstić information content (AvgIpc) is 3.37. The van der Waals surface area contributed by atoms with E-state index in [0.29, 0.717) is 18.1 Å². The average molecular weight is 497 g/mol. The number of Topliss-reactive ketones (excluding diaryl/α,β-unsaturated/α-hetero) is 1. The summed E-state index contributed by atoms with van der Waals surface area (Å²) in [5.41, 5.74) is -1.92. The number of rotatable bonds is 8. The Bertz CT molecular complexity index is 1200. The number of carbonyl (C=O) groups is 3. The molecule has 0 unspecified atom stereocenters. The van der Waals surface area contributed by atoms with Gasteiger partial charge < -0.3 is 19.3 Å². The number of aromatic nitrogens is 1. The molecule has 1 N–H and O–H groups in total. The first-order valence-electron chi connectivity index (χ1n) is 11.9. The van der Waals surface area contributed by atoms with Crippen molar-refractivity contribution >= 4 is 28.6 Å². The van der Waals surface area contributed by atoms with Gasteiger partial charge in [0.25, 0.3) is 0 Å². The van der Waals surface area contributed by atoms with Gasteiger partial charge in [0.1, 0.15) is 17.5 Å². The molecule has 1 aromatic carbocycles. The number of nitrogens with zero attached hydrogens (tertiary/aromatic N) is 2. The predicted molar refractivity (Wildman–Crippen MR) is 132 cm³/mol. The fraction of sp³-hybridized carbons (Fsp3) is 0.481.